The van der Waals surface area contributed by atoms with Gasteiger partial charge in [0.05, 0.1) is 17.1 Å². The van der Waals surface area contributed by atoms with E-state index < -0.39 is 8.07 Å². The molecule has 1 aromatic heterocycles. The van der Waals surface area contributed by atoms with Crippen LogP contribution in [0.4, 0.5) is 34.1 Å². The van der Waals surface area contributed by atoms with Gasteiger partial charge in [-0.05, 0) is 57.7 Å². The van der Waals surface area contributed by atoms with E-state index in [2.05, 4.69) is 126 Å². The van der Waals surface area contributed by atoms with Gasteiger partial charge in [0.25, 0.3) is 6.71 Å². The van der Waals surface area contributed by atoms with Gasteiger partial charge in [0.15, 0.2) is 0 Å². The van der Waals surface area contributed by atoms with Gasteiger partial charge in [-0.15, -0.1) is 11.3 Å². The number of nitrogens with zero attached hydrogens (tertiary/aromatic N) is 2. The molecule has 0 aliphatic carbocycles. The number of fused-ring (bicyclic) bond motifs is 11. The van der Waals surface area contributed by atoms with Crippen molar-refractivity contribution in [2.75, 3.05) is 9.80 Å². The van der Waals surface area contributed by atoms with Gasteiger partial charge < -0.3 is 9.80 Å². The molecular weight excluding hydrogens is 539 g/mol. The maximum atomic E-state index is 2.62. The fraction of sp³-hybridized carbons (Fsp3) is 0.0588. The summed E-state index contributed by atoms with van der Waals surface area (Å²) >= 11 is 3.91. The summed E-state index contributed by atoms with van der Waals surface area (Å²) in [6.07, 6.45) is 0. The molecule has 188 valence electrons. The third-order valence-corrected chi connectivity index (χ3v) is 15.3. The van der Waals surface area contributed by atoms with Gasteiger partial charge >= 0.3 is 0 Å². The summed E-state index contributed by atoms with van der Waals surface area (Å²) in [5.74, 6) is 0. The number of thiophene rings is 1. The van der Waals surface area contributed by atoms with Crippen LogP contribution in [0.15, 0.2) is 113 Å². The Labute approximate surface area is 243 Å². The molecule has 0 saturated heterocycles. The molecule has 6 aromatic rings. The zero-order valence-corrected chi connectivity index (χ0v) is 24.7. The first-order valence-electron chi connectivity index (χ1n) is 13.9. The zero-order valence-electron chi connectivity index (χ0n) is 22.1. The molecule has 40 heavy (non-hydrogen) atoms. The number of rotatable bonds is 0. The van der Waals surface area contributed by atoms with Crippen molar-refractivity contribution in [2.24, 2.45) is 0 Å². The first-order valence-corrected chi connectivity index (χ1v) is 18.5. The van der Waals surface area contributed by atoms with Crippen LogP contribution in [-0.4, -0.2) is 14.8 Å². The molecule has 5 aromatic carbocycles. The highest BCUT2D eigenvalue weighted by Gasteiger charge is 2.50. The first kappa shape index (κ1) is 22.0. The molecule has 4 aliphatic heterocycles. The molecule has 4 aliphatic rings. The zero-order chi connectivity index (χ0) is 26.3. The molecule has 6 heteroatoms. The molecule has 5 heterocycles. The maximum Gasteiger partial charge on any atom is 0.264 e. The normalized spacial score (nSPS) is 16.2. The second-order valence-corrected chi connectivity index (χ2v) is 18.2. The summed E-state index contributed by atoms with van der Waals surface area (Å²) in [5.41, 5.74) is 11.1. The van der Waals surface area contributed by atoms with Crippen molar-refractivity contribution >= 4 is 108 Å². The molecule has 0 atom stereocenters. The summed E-state index contributed by atoms with van der Waals surface area (Å²) in [5, 5.41) is 4.44. The van der Waals surface area contributed by atoms with E-state index in [4.69, 9.17) is 0 Å². The Bertz CT molecular complexity index is 2120. The number of anilines is 6. The fourth-order valence-corrected chi connectivity index (χ4v) is 13.1. The first-order chi connectivity index (χ1) is 19.6. The van der Waals surface area contributed by atoms with Crippen molar-refractivity contribution in [3.8, 4) is 0 Å². The molecule has 10 rings (SSSR count). The molecule has 0 amide bonds. The van der Waals surface area contributed by atoms with Crippen LogP contribution in [-0.2, 0) is 0 Å². The highest BCUT2D eigenvalue weighted by molar-refractivity contribution is 7.99. The fourth-order valence-electron chi connectivity index (χ4n) is 7.74. The van der Waals surface area contributed by atoms with Crippen molar-refractivity contribution in [3.63, 3.8) is 0 Å². The molecule has 0 radical (unpaired) electrons. The van der Waals surface area contributed by atoms with Crippen LogP contribution in [0.25, 0.3) is 10.1 Å². The lowest BCUT2D eigenvalue weighted by atomic mass is 9.36. The van der Waals surface area contributed by atoms with Crippen LogP contribution < -0.4 is 35.9 Å². The smallest absolute Gasteiger partial charge is 0.264 e. The third-order valence-electron chi connectivity index (χ3n) is 9.41. The molecule has 0 spiro atoms. The van der Waals surface area contributed by atoms with Crippen LogP contribution in [0, 0.1) is 0 Å². The minimum Gasteiger partial charge on any atom is -0.312 e. The highest BCUT2D eigenvalue weighted by Crippen LogP contribution is 2.56. The topological polar surface area (TPSA) is 6.48 Å². The third kappa shape index (κ3) is 2.46. The average Bonchev–Trinajstić information content (AvgIpc) is 3.38. The van der Waals surface area contributed by atoms with Gasteiger partial charge in [-0.1, -0.05) is 91.6 Å². The summed E-state index contributed by atoms with van der Waals surface area (Å²) in [4.78, 5) is 7.90. The lowest BCUT2D eigenvalue weighted by molar-refractivity contribution is 1.17. The predicted molar refractivity (Wildman–Crippen MR) is 177 cm³/mol. The Hall–Kier alpha value is -3.71. The molecule has 2 nitrogen and oxygen atoms in total. The van der Waals surface area contributed by atoms with E-state index in [0.29, 0.717) is 0 Å². The number of hydrogen-bond acceptors (Lipinski definition) is 4. The lowest BCUT2D eigenvalue weighted by Crippen LogP contribution is -2.67. The number of benzene rings is 5. The monoisotopic (exact) mass is 562 g/mol. The highest BCUT2D eigenvalue weighted by atomic mass is 32.2. The van der Waals surface area contributed by atoms with Gasteiger partial charge in [-0.3, -0.25) is 0 Å². The SMILES string of the molecule is C[Si]1(C)c2ccccc2N2c3ccc4c5c3B(c3cccc1c32)c1sc2ccccc2c1N5c1ccccc1S4. The molecule has 0 N–H and O–H groups in total. The summed E-state index contributed by atoms with van der Waals surface area (Å²) in [7, 11) is -1.89. The van der Waals surface area contributed by atoms with Crippen molar-refractivity contribution in [2.45, 2.75) is 22.9 Å². The molecule has 0 saturated carbocycles. The minimum absolute atomic E-state index is 0.223. The van der Waals surface area contributed by atoms with Gasteiger partial charge in [-0.25, -0.2) is 0 Å². The minimum atomic E-state index is -1.89. The van der Waals surface area contributed by atoms with Crippen molar-refractivity contribution in [3.05, 3.63) is 103 Å². The molecule has 0 unspecified atom stereocenters. The Morgan fingerprint density at radius 3 is 2.30 bits per heavy atom. The van der Waals surface area contributed by atoms with Crippen LogP contribution in [0.1, 0.15) is 0 Å². The van der Waals surface area contributed by atoms with E-state index in [9.17, 15) is 0 Å². The van der Waals surface area contributed by atoms with E-state index in [0.717, 1.165) is 0 Å². The molecular formula is C34H23BN2S2Si. The number of para-hydroxylation sites is 3. The Morgan fingerprint density at radius 2 is 1.38 bits per heavy atom. The lowest BCUT2D eigenvalue weighted by Gasteiger charge is -2.49. The van der Waals surface area contributed by atoms with Gasteiger partial charge in [-0.2, -0.15) is 0 Å². The Morgan fingerprint density at radius 1 is 0.600 bits per heavy atom. The van der Waals surface area contributed by atoms with E-state index in [1.807, 2.05) is 23.1 Å². The molecule has 0 fully saturated rings. The van der Waals surface area contributed by atoms with Crippen LogP contribution >= 0.6 is 23.1 Å². The van der Waals surface area contributed by atoms with E-state index in [1.165, 1.54) is 74.9 Å². The van der Waals surface area contributed by atoms with E-state index >= 15 is 0 Å². The summed E-state index contributed by atoms with van der Waals surface area (Å²) in [6.45, 7) is 5.28. The average molecular weight is 563 g/mol. The van der Waals surface area contributed by atoms with Crippen LogP contribution in [0.2, 0.25) is 13.1 Å². The van der Waals surface area contributed by atoms with Gasteiger partial charge in [0.1, 0.15) is 8.07 Å². The standard InChI is InChI=1S/C34H23BN2S2Si/c1-40(2)28-16-8-5-13-23(28)36-24-18-19-27-33-30(24)35(21-11-9-17-29(40)32(21)36)34-31(20-10-3-6-14-25(20)39-34)37(33)22-12-4-7-15-26(22)38-27/h3-19H,1-2H3. The van der Waals surface area contributed by atoms with Gasteiger partial charge in [0.2, 0.25) is 0 Å². The molecule has 0 bridgehead atoms. The van der Waals surface area contributed by atoms with Crippen LogP contribution in [0.3, 0.4) is 0 Å². The van der Waals surface area contributed by atoms with Crippen molar-refractivity contribution < 1.29 is 0 Å². The largest absolute Gasteiger partial charge is 0.312 e. The van der Waals surface area contributed by atoms with E-state index in [1.54, 1.807) is 5.19 Å². The Kier molecular flexibility index (Phi) is 4.03. The summed E-state index contributed by atoms with van der Waals surface area (Å²) < 4.78 is 2.84. The second kappa shape index (κ2) is 7.32. The van der Waals surface area contributed by atoms with E-state index in [-0.39, 0.29) is 6.71 Å². The Balaban J connectivity index is 1.39. The number of hydrogen-bond donors (Lipinski definition) is 0. The van der Waals surface area contributed by atoms with Crippen LogP contribution in [0.5, 0.6) is 0 Å². The maximum absolute atomic E-state index is 2.62. The summed E-state index contributed by atoms with van der Waals surface area (Å²) in [6, 6.07) is 39.1. The van der Waals surface area contributed by atoms with Crippen molar-refractivity contribution in [1.29, 1.82) is 0 Å². The predicted octanol–water partition coefficient (Wildman–Crippen LogP) is 6.58. The quantitative estimate of drug-likeness (QED) is 0.193. The van der Waals surface area contributed by atoms with Gasteiger partial charge in [0, 0.05) is 41.7 Å². The second-order valence-electron chi connectivity index (χ2n) is 11.7. The van der Waals surface area contributed by atoms with Crippen molar-refractivity contribution in [1.82, 2.24) is 0 Å².